The van der Waals surface area contributed by atoms with Crippen LogP contribution in [0.3, 0.4) is 0 Å². The Morgan fingerprint density at radius 3 is 2.88 bits per heavy atom. The number of nitrogens with one attached hydrogen (secondary N) is 1. The molecule has 8 heteroatoms. The molecule has 1 atom stereocenters. The molecule has 0 radical (unpaired) electrons. The molecule has 2 aliphatic heterocycles. The molecule has 1 amide bonds. The second kappa shape index (κ2) is 6.62. The SMILES string of the molecule is Cn1cc(-c2ncc(C(=O)N3CC[C@H](N4CCNCC4)C3)s2)cn1. The number of carbonyl (C=O) groups excluding carboxylic acids is 1. The van der Waals surface area contributed by atoms with Crippen molar-refractivity contribution < 1.29 is 4.79 Å². The molecule has 1 N–H and O–H groups in total. The minimum absolute atomic E-state index is 0.111. The van der Waals surface area contributed by atoms with Crippen LogP contribution in [-0.2, 0) is 7.05 Å². The highest BCUT2D eigenvalue weighted by Crippen LogP contribution is 2.27. The van der Waals surface area contributed by atoms with Crippen LogP contribution in [0, 0.1) is 0 Å². The predicted molar refractivity (Wildman–Crippen MR) is 93.1 cm³/mol. The van der Waals surface area contributed by atoms with Gasteiger partial charge in [0.1, 0.15) is 9.88 Å². The van der Waals surface area contributed by atoms with E-state index in [0.717, 1.165) is 61.1 Å². The number of likely N-dealkylation sites (tertiary alicyclic amines) is 1. The highest BCUT2D eigenvalue weighted by Gasteiger charge is 2.32. The molecule has 2 saturated heterocycles. The minimum atomic E-state index is 0.111. The molecule has 2 aliphatic rings. The van der Waals surface area contributed by atoms with Crippen molar-refractivity contribution in [2.75, 3.05) is 39.3 Å². The Morgan fingerprint density at radius 1 is 1.29 bits per heavy atom. The monoisotopic (exact) mass is 346 g/mol. The standard InChI is InChI=1S/C16H22N6OS/c1-20-10-12(8-19-20)15-18-9-14(24-15)16(23)22-5-2-13(11-22)21-6-3-17-4-7-21/h8-10,13,17H,2-7,11H2,1H3/t13-/m0/s1. The third-order valence-corrected chi connectivity index (χ3v) is 5.82. The Balaban J connectivity index is 1.42. The number of aromatic nitrogens is 3. The first-order valence-electron chi connectivity index (χ1n) is 8.39. The zero-order chi connectivity index (χ0) is 16.5. The fourth-order valence-corrected chi connectivity index (χ4v) is 4.32. The lowest BCUT2D eigenvalue weighted by atomic mass is 10.2. The zero-order valence-electron chi connectivity index (χ0n) is 13.8. The Hall–Kier alpha value is -1.77. The van der Waals surface area contributed by atoms with Crippen LogP contribution in [0.2, 0.25) is 0 Å². The fourth-order valence-electron chi connectivity index (χ4n) is 3.47. The zero-order valence-corrected chi connectivity index (χ0v) is 14.6. The molecule has 0 bridgehead atoms. The molecular formula is C16H22N6OS. The number of rotatable bonds is 3. The molecule has 0 aromatic carbocycles. The van der Waals surface area contributed by atoms with Crippen LogP contribution in [-0.4, -0.2) is 75.8 Å². The van der Waals surface area contributed by atoms with Gasteiger partial charge in [-0.15, -0.1) is 11.3 Å². The number of amides is 1. The van der Waals surface area contributed by atoms with Gasteiger partial charge in [0.25, 0.3) is 5.91 Å². The number of carbonyl (C=O) groups is 1. The second-order valence-electron chi connectivity index (χ2n) is 6.41. The molecule has 128 valence electrons. The minimum Gasteiger partial charge on any atom is -0.336 e. The lowest BCUT2D eigenvalue weighted by molar-refractivity contribution is 0.0778. The van der Waals surface area contributed by atoms with Crippen molar-refractivity contribution in [3.63, 3.8) is 0 Å². The van der Waals surface area contributed by atoms with E-state index in [1.165, 1.54) is 11.3 Å². The Labute approximate surface area is 145 Å². The van der Waals surface area contributed by atoms with Gasteiger partial charge in [0.15, 0.2) is 0 Å². The summed E-state index contributed by atoms with van der Waals surface area (Å²) in [6.07, 6.45) is 6.47. The van der Waals surface area contributed by atoms with Gasteiger partial charge < -0.3 is 10.2 Å². The summed E-state index contributed by atoms with van der Waals surface area (Å²) in [5.74, 6) is 0.111. The lowest BCUT2D eigenvalue weighted by Crippen LogP contribution is -2.49. The molecule has 24 heavy (non-hydrogen) atoms. The second-order valence-corrected chi connectivity index (χ2v) is 7.44. The molecule has 0 unspecified atom stereocenters. The van der Waals surface area contributed by atoms with Crippen LogP contribution < -0.4 is 5.32 Å². The van der Waals surface area contributed by atoms with Gasteiger partial charge in [-0.05, 0) is 6.42 Å². The van der Waals surface area contributed by atoms with Gasteiger partial charge >= 0.3 is 0 Å². The van der Waals surface area contributed by atoms with Gasteiger partial charge in [-0.1, -0.05) is 0 Å². The topological polar surface area (TPSA) is 66.3 Å². The van der Waals surface area contributed by atoms with E-state index in [9.17, 15) is 4.79 Å². The largest absolute Gasteiger partial charge is 0.336 e. The average molecular weight is 346 g/mol. The van der Waals surface area contributed by atoms with Crippen molar-refractivity contribution in [2.24, 2.45) is 7.05 Å². The molecule has 0 saturated carbocycles. The van der Waals surface area contributed by atoms with Crippen molar-refractivity contribution in [3.8, 4) is 10.6 Å². The first-order chi connectivity index (χ1) is 11.7. The summed E-state index contributed by atoms with van der Waals surface area (Å²) in [5.41, 5.74) is 0.960. The number of aryl methyl sites for hydroxylation is 1. The van der Waals surface area contributed by atoms with Crippen LogP contribution in [0.1, 0.15) is 16.1 Å². The van der Waals surface area contributed by atoms with E-state index in [1.807, 2.05) is 18.1 Å². The molecule has 4 heterocycles. The van der Waals surface area contributed by atoms with Crippen molar-refractivity contribution in [3.05, 3.63) is 23.5 Å². The van der Waals surface area contributed by atoms with Gasteiger partial charge in [-0.2, -0.15) is 5.10 Å². The Morgan fingerprint density at radius 2 is 2.12 bits per heavy atom. The quantitative estimate of drug-likeness (QED) is 0.885. The Kier molecular flexibility index (Phi) is 4.34. The van der Waals surface area contributed by atoms with Gasteiger partial charge in [0.2, 0.25) is 0 Å². The van der Waals surface area contributed by atoms with Gasteiger partial charge in [-0.25, -0.2) is 4.98 Å². The van der Waals surface area contributed by atoms with E-state index in [0.29, 0.717) is 6.04 Å². The maximum absolute atomic E-state index is 12.8. The van der Waals surface area contributed by atoms with E-state index in [2.05, 4.69) is 20.3 Å². The third kappa shape index (κ3) is 3.09. The molecule has 4 rings (SSSR count). The molecule has 2 fully saturated rings. The van der Waals surface area contributed by atoms with Crippen molar-refractivity contribution in [1.29, 1.82) is 0 Å². The maximum atomic E-state index is 12.8. The van der Waals surface area contributed by atoms with E-state index >= 15 is 0 Å². The maximum Gasteiger partial charge on any atom is 0.265 e. The van der Waals surface area contributed by atoms with Crippen molar-refractivity contribution >= 4 is 17.2 Å². The van der Waals surface area contributed by atoms with E-state index < -0.39 is 0 Å². The first-order valence-corrected chi connectivity index (χ1v) is 9.21. The molecule has 0 spiro atoms. The average Bonchev–Trinajstić information content (AvgIpc) is 3.35. The highest BCUT2D eigenvalue weighted by atomic mass is 32.1. The molecule has 7 nitrogen and oxygen atoms in total. The summed E-state index contributed by atoms with van der Waals surface area (Å²) in [4.78, 5) is 22.4. The van der Waals surface area contributed by atoms with Crippen molar-refractivity contribution in [1.82, 2.24) is 29.9 Å². The van der Waals surface area contributed by atoms with Gasteiger partial charge in [-0.3, -0.25) is 14.4 Å². The summed E-state index contributed by atoms with van der Waals surface area (Å²) in [6, 6.07) is 0.502. The predicted octanol–water partition coefficient (Wildman–Crippen LogP) is 0.663. The van der Waals surface area contributed by atoms with Crippen LogP contribution in [0.5, 0.6) is 0 Å². The number of nitrogens with zero attached hydrogens (tertiary/aromatic N) is 5. The normalized spacial score (nSPS) is 22.2. The highest BCUT2D eigenvalue weighted by molar-refractivity contribution is 7.16. The van der Waals surface area contributed by atoms with E-state index in [1.54, 1.807) is 17.1 Å². The summed E-state index contributed by atoms with van der Waals surface area (Å²) < 4.78 is 1.75. The van der Waals surface area contributed by atoms with Gasteiger partial charge in [0, 0.05) is 64.1 Å². The van der Waals surface area contributed by atoms with E-state index in [4.69, 9.17) is 0 Å². The van der Waals surface area contributed by atoms with Crippen LogP contribution in [0.15, 0.2) is 18.6 Å². The summed E-state index contributed by atoms with van der Waals surface area (Å²) >= 11 is 1.45. The summed E-state index contributed by atoms with van der Waals surface area (Å²) in [7, 11) is 1.88. The fraction of sp³-hybridized carbons (Fsp3) is 0.562. The summed E-state index contributed by atoms with van der Waals surface area (Å²) in [5, 5.41) is 8.40. The van der Waals surface area contributed by atoms with Crippen LogP contribution >= 0.6 is 11.3 Å². The molecular weight excluding hydrogens is 324 g/mol. The number of thiazole rings is 1. The first kappa shape index (κ1) is 15.7. The van der Waals surface area contributed by atoms with Crippen LogP contribution in [0.25, 0.3) is 10.6 Å². The smallest absolute Gasteiger partial charge is 0.265 e. The summed E-state index contributed by atoms with van der Waals surface area (Å²) in [6.45, 7) is 5.94. The van der Waals surface area contributed by atoms with Gasteiger partial charge in [0.05, 0.1) is 12.4 Å². The lowest BCUT2D eigenvalue weighted by Gasteiger charge is -2.32. The van der Waals surface area contributed by atoms with Crippen LogP contribution in [0.4, 0.5) is 0 Å². The number of hydrogen-bond acceptors (Lipinski definition) is 6. The van der Waals surface area contributed by atoms with Crippen molar-refractivity contribution in [2.45, 2.75) is 12.5 Å². The van der Waals surface area contributed by atoms with E-state index in [-0.39, 0.29) is 5.91 Å². The molecule has 2 aromatic heterocycles. The number of hydrogen-bond donors (Lipinski definition) is 1. The Bertz CT molecular complexity index is 720. The molecule has 2 aromatic rings. The molecule has 0 aliphatic carbocycles. The third-order valence-electron chi connectivity index (χ3n) is 4.79. The number of piperazine rings is 1.